The molecule has 1 aromatic heterocycles. The number of hydrogen-bond donors (Lipinski definition) is 0. The molecule has 0 atom stereocenters. The molecule has 106 valence electrons. The number of aryl methyl sites for hydroxylation is 2. The van der Waals surface area contributed by atoms with Crippen molar-refractivity contribution in [3.63, 3.8) is 0 Å². The van der Waals surface area contributed by atoms with E-state index in [2.05, 4.69) is 11.2 Å². The van der Waals surface area contributed by atoms with E-state index >= 15 is 0 Å². The SMILES string of the molecule is Cc1cc(C2CN(C(=O)COC(C)(C)C)C2)nn1C. The zero-order valence-electron chi connectivity index (χ0n) is 12.4. The van der Waals surface area contributed by atoms with Gasteiger partial charge in [-0.15, -0.1) is 0 Å². The summed E-state index contributed by atoms with van der Waals surface area (Å²) in [5.41, 5.74) is 1.97. The number of aromatic nitrogens is 2. The first-order valence-corrected chi connectivity index (χ1v) is 6.68. The van der Waals surface area contributed by atoms with E-state index in [9.17, 15) is 4.79 Å². The molecular formula is C14H23N3O2. The van der Waals surface area contributed by atoms with Crippen molar-refractivity contribution in [2.24, 2.45) is 7.05 Å². The molecule has 0 N–H and O–H groups in total. The van der Waals surface area contributed by atoms with Crippen molar-refractivity contribution in [2.75, 3.05) is 19.7 Å². The molecule has 0 saturated carbocycles. The number of ether oxygens (including phenoxy) is 1. The van der Waals surface area contributed by atoms with E-state index in [0.29, 0.717) is 5.92 Å². The Labute approximate surface area is 114 Å². The summed E-state index contributed by atoms with van der Waals surface area (Å²) in [6, 6.07) is 2.10. The Kier molecular flexibility index (Phi) is 3.67. The lowest BCUT2D eigenvalue weighted by atomic mass is 9.96. The minimum absolute atomic E-state index is 0.0684. The fraction of sp³-hybridized carbons (Fsp3) is 0.714. The third-order valence-corrected chi connectivity index (χ3v) is 3.41. The summed E-state index contributed by atoms with van der Waals surface area (Å²) >= 11 is 0. The number of carbonyl (C=O) groups is 1. The number of nitrogens with zero attached hydrogens (tertiary/aromatic N) is 3. The van der Waals surface area contributed by atoms with Crippen LogP contribution in [0.1, 0.15) is 38.1 Å². The van der Waals surface area contributed by atoms with E-state index < -0.39 is 0 Å². The van der Waals surface area contributed by atoms with Crippen LogP contribution in [0.5, 0.6) is 0 Å². The quantitative estimate of drug-likeness (QED) is 0.831. The Morgan fingerprint density at radius 1 is 1.47 bits per heavy atom. The van der Waals surface area contributed by atoms with Gasteiger partial charge < -0.3 is 9.64 Å². The van der Waals surface area contributed by atoms with Gasteiger partial charge in [-0.3, -0.25) is 9.48 Å². The molecule has 1 fully saturated rings. The van der Waals surface area contributed by atoms with E-state index in [1.807, 2.05) is 44.3 Å². The van der Waals surface area contributed by atoms with Crippen LogP contribution in [-0.2, 0) is 16.6 Å². The molecule has 5 nitrogen and oxygen atoms in total. The van der Waals surface area contributed by atoms with Gasteiger partial charge >= 0.3 is 0 Å². The molecule has 0 aliphatic carbocycles. The van der Waals surface area contributed by atoms with Crippen molar-refractivity contribution < 1.29 is 9.53 Å². The lowest BCUT2D eigenvalue weighted by molar-refractivity contribution is -0.145. The van der Waals surface area contributed by atoms with Crippen LogP contribution < -0.4 is 0 Å². The molecule has 1 aliphatic rings. The molecule has 5 heteroatoms. The van der Waals surface area contributed by atoms with Gasteiger partial charge in [0, 0.05) is 31.7 Å². The molecule has 19 heavy (non-hydrogen) atoms. The standard InChI is InChI=1S/C14H23N3O2/c1-10-6-12(15-16(10)5)11-7-17(8-11)13(18)9-19-14(2,3)4/h6,11H,7-9H2,1-5H3. The fourth-order valence-corrected chi connectivity index (χ4v) is 2.03. The molecule has 0 aromatic carbocycles. The van der Waals surface area contributed by atoms with Crippen LogP contribution in [0.15, 0.2) is 6.07 Å². The maximum absolute atomic E-state index is 11.9. The van der Waals surface area contributed by atoms with Gasteiger partial charge in [-0.05, 0) is 33.8 Å². The van der Waals surface area contributed by atoms with Gasteiger partial charge in [0.15, 0.2) is 0 Å². The van der Waals surface area contributed by atoms with E-state index in [1.54, 1.807) is 0 Å². The molecule has 0 spiro atoms. The average Bonchev–Trinajstić information content (AvgIpc) is 2.53. The van der Waals surface area contributed by atoms with E-state index in [1.165, 1.54) is 0 Å². The van der Waals surface area contributed by atoms with Crippen LogP contribution >= 0.6 is 0 Å². The highest BCUT2D eigenvalue weighted by atomic mass is 16.5. The summed E-state index contributed by atoms with van der Waals surface area (Å²) in [7, 11) is 1.94. The molecular weight excluding hydrogens is 242 g/mol. The van der Waals surface area contributed by atoms with Crippen molar-refractivity contribution in [2.45, 2.75) is 39.2 Å². The maximum Gasteiger partial charge on any atom is 0.248 e. The maximum atomic E-state index is 11.9. The predicted octanol–water partition coefficient (Wildman–Crippen LogP) is 1.47. The summed E-state index contributed by atoms with van der Waals surface area (Å²) in [5, 5.41) is 4.46. The van der Waals surface area contributed by atoms with Crippen LogP contribution in [0.25, 0.3) is 0 Å². The second-order valence-corrected chi connectivity index (χ2v) is 6.23. The highest BCUT2D eigenvalue weighted by Gasteiger charge is 2.33. The summed E-state index contributed by atoms with van der Waals surface area (Å²) in [6.07, 6.45) is 0. The Morgan fingerprint density at radius 3 is 2.58 bits per heavy atom. The third-order valence-electron chi connectivity index (χ3n) is 3.41. The minimum atomic E-state index is -0.266. The van der Waals surface area contributed by atoms with E-state index in [4.69, 9.17) is 4.74 Å². The number of likely N-dealkylation sites (tertiary alicyclic amines) is 1. The van der Waals surface area contributed by atoms with Crippen LogP contribution in [-0.4, -0.2) is 45.9 Å². The molecule has 0 radical (unpaired) electrons. The number of hydrogen-bond acceptors (Lipinski definition) is 3. The zero-order chi connectivity index (χ0) is 14.2. The van der Waals surface area contributed by atoms with Gasteiger partial charge in [0.2, 0.25) is 5.91 Å². The van der Waals surface area contributed by atoms with Gasteiger partial charge in [0.1, 0.15) is 6.61 Å². The molecule has 1 aliphatic heterocycles. The Hall–Kier alpha value is -1.36. The molecule has 2 heterocycles. The Morgan fingerprint density at radius 2 is 2.11 bits per heavy atom. The van der Waals surface area contributed by atoms with Gasteiger partial charge in [0.25, 0.3) is 0 Å². The molecule has 1 amide bonds. The first-order chi connectivity index (χ1) is 8.76. The van der Waals surface area contributed by atoms with Gasteiger partial charge in [-0.25, -0.2) is 0 Å². The normalized spacial score (nSPS) is 16.6. The first-order valence-electron chi connectivity index (χ1n) is 6.68. The summed E-state index contributed by atoms with van der Waals surface area (Å²) in [5.74, 6) is 0.442. The summed E-state index contributed by atoms with van der Waals surface area (Å²) in [4.78, 5) is 13.7. The largest absolute Gasteiger partial charge is 0.366 e. The minimum Gasteiger partial charge on any atom is -0.366 e. The van der Waals surface area contributed by atoms with Gasteiger partial charge in [0.05, 0.1) is 11.3 Å². The fourth-order valence-electron chi connectivity index (χ4n) is 2.03. The van der Waals surface area contributed by atoms with Crippen LogP contribution in [0, 0.1) is 6.92 Å². The zero-order valence-corrected chi connectivity index (χ0v) is 12.4. The molecule has 2 rings (SSSR count). The molecule has 1 aromatic rings. The van der Waals surface area contributed by atoms with Gasteiger partial charge in [-0.1, -0.05) is 0 Å². The molecule has 0 bridgehead atoms. The van der Waals surface area contributed by atoms with Crippen molar-refractivity contribution in [1.29, 1.82) is 0 Å². The summed E-state index contributed by atoms with van der Waals surface area (Å²) < 4.78 is 7.38. The number of carbonyl (C=O) groups excluding carboxylic acids is 1. The second kappa shape index (κ2) is 4.96. The smallest absolute Gasteiger partial charge is 0.248 e. The lowest BCUT2D eigenvalue weighted by Gasteiger charge is -2.38. The van der Waals surface area contributed by atoms with Crippen molar-refractivity contribution in [1.82, 2.24) is 14.7 Å². The topological polar surface area (TPSA) is 47.4 Å². The molecule has 1 saturated heterocycles. The number of rotatable bonds is 3. The lowest BCUT2D eigenvalue weighted by Crippen LogP contribution is -2.50. The molecule has 0 unspecified atom stereocenters. The summed E-state index contributed by atoms with van der Waals surface area (Å²) in [6.45, 7) is 9.57. The second-order valence-electron chi connectivity index (χ2n) is 6.23. The van der Waals surface area contributed by atoms with Crippen LogP contribution in [0.2, 0.25) is 0 Å². The van der Waals surface area contributed by atoms with Crippen LogP contribution in [0.3, 0.4) is 0 Å². The predicted molar refractivity (Wildman–Crippen MR) is 73.0 cm³/mol. The van der Waals surface area contributed by atoms with E-state index in [0.717, 1.165) is 24.5 Å². The van der Waals surface area contributed by atoms with Crippen molar-refractivity contribution in [3.8, 4) is 0 Å². The Bertz CT molecular complexity index is 448. The first kappa shape index (κ1) is 14.1. The van der Waals surface area contributed by atoms with Crippen molar-refractivity contribution in [3.05, 3.63) is 17.5 Å². The number of amides is 1. The highest BCUT2D eigenvalue weighted by Crippen LogP contribution is 2.26. The van der Waals surface area contributed by atoms with Crippen LogP contribution in [0.4, 0.5) is 0 Å². The Balaban J connectivity index is 1.81. The highest BCUT2D eigenvalue weighted by molar-refractivity contribution is 5.78. The monoisotopic (exact) mass is 265 g/mol. The van der Waals surface area contributed by atoms with Gasteiger partial charge in [-0.2, -0.15) is 5.10 Å². The third kappa shape index (κ3) is 3.35. The van der Waals surface area contributed by atoms with E-state index in [-0.39, 0.29) is 18.1 Å². The van der Waals surface area contributed by atoms with Crippen molar-refractivity contribution >= 4 is 5.91 Å². The average molecular weight is 265 g/mol.